The van der Waals surface area contributed by atoms with Crippen molar-refractivity contribution in [1.82, 2.24) is 0 Å². The standard InChI is InChI=1S/C14H14O3/c1-2-9-10(5-3-7-12(9)15)11-6-4-8-13(16)14(11)17/h3-8,15-17H,2H2,1H3. The number of hydrogen-bond donors (Lipinski definition) is 3. The Labute approximate surface area is 99.6 Å². The van der Waals surface area contributed by atoms with Gasteiger partial charge >= 0.3 is 0 Å². The summed E-state index contributed by atoms with van der Waals surface area (Å²) in [5, 5.41) is 29.1. The van der Waals surface area contributed by atoms with Crippen LogP contribution in [0.5, 0.6) is 17.2 Å². The first kappa shape index (κ1) is 11.3. The Bertz CT molecular complexity index is 547. The number of aromatic hydroxyl groups is 3. The smallest absolute Gasteiger partial charge is 0.165 e. The molecule has 2 aromatic rings. The van der Waals surface area contributed by atoms with Gasteiger partial charge in [-0.15, -0.1) is 0 Å². The van der Waals surface area contributed by atoms with Crippen LogP contribution >= 0.6 is 0 Å². The molecule has 0 aliphatic rings. The van der Waals surface area contributed by atoms with Gasteiger partial charge in [0, 0.05) is 11.1 Å². The second-order valence-electron chi connectivity index (χ2n) is 3.83. The average Bonchev–Trinajstić information content (AvgIpc) is 2.32. The quantitative estimate of drug-likeness (QED) is 0.695. The van der Waals surface area contributed by atoms with Gasteiger partial charge in [-0.25, -0.2) is 0 Å². The zero-order valence-electron chi connectivity index (χ0n) is 9.51. The SMILES string of the molecule is CCc1c(O)cccc1-c1cccc(O)c1O. The van der Waals surface area contributed by atoms with E-state index >= 15 is 0 Å². The molecule has 17 heavy (non-hydrogen) atoms. The normalized spacial score (nSPS) is 10.4. The Balaban J connectivity index is 2.68. The van der Waals surface area contributed by atoms with E-state index in [0.717, 1.165) is 11.1 Å². The van der Waals surface area contributed by atoms with Crippen molar-refractivity contribution in [2.45, 2.75) is 13.3 Å². The van der Waals surface area contributed by atoms with Crippen LogP contribution in [-0.4, -0.2) is 15.3 Å². The third kappa shape index (κ3) is 1.91. The van der Waals surface area contributed by atoms with Crippen LogP contribution in [0.3, 0.4) is 0 Å². The maximum Gasteiger partial charge on any atom is 0.165 e. The fraction of sp³-hybridized carbons (Fsp3) is 0.143. The van der Waals surface area contributed by atoms with E-state index in [1.807, 2.05) is 13.0 Å². The molecule has 3 heteroatoms. The molecule has 2 rings (SSSR count). The molecule has 0 amide bonds. The van der Waals surface area contributed by atoms with E-state index in [0.29, 0.717) is 12.0 Å². The summed E-state index contributed by atoms with van der Waals surface area (Å²) in [5.74, 6) is -0.117. The van der Waals surface area contributed by atoms with E-state index < -0.39 is 0 Å². The van der Waals surface area contributed by atoms with Crippen molar-refractivity contribution in [3.05, 3.63) is 42.0 Å². The number of hydrogen-bond acceptors (Lipinski definition) is 3. The largest absolute Gasteiger partial charge is 0.508 e. The van der Waals surface area contributed by atoms with Crippen LogP contribution in [0.2, 0.25) is 0 Å². The van der Waals surface area contributed by atoms with Crippen LogP contribution in [0.4, 0.5) is 0 Å². The lowest BCUT2D eigenvalue weighted by Crippen LogP contribution is -1.89. The predicted octanol–water partition coefficient (Wildman–Crippen LogP) is 3.03. The highest BCUT2D eigenvalue weighted by Crippen LogP contribution is 2.39. The van der Waals surface area contributed by atoms with Gasteiger partial charge < -0.3 is 15.3 Å². The van der Waals surface area contributed by atoms with Crippen molar-refractivity contribution in [3.8, 4) is 28.4 Å². The van der Waals surface area contributed by atoms with Crippen LogP contribution in [0.1, 0.15) is 12.5 Å². The molecule has 0 spiro atoms. The molecule has 0 saturated heterocycles. The highest BCUT2D eigenvalue weighted by Gasteiger charge is 2.13. The first-order chi connectivity index (χ1) is 8.15. The van der Waals surface area contributed by atoms with Crippen LogP contribution in [-0.2, 0) is 6.42 Å². The van der Waals surface area contributed by atoms with Crippen LogP contribution in [0.25, 0.3) is 11.1 Å². The molecule has 0 saturated carbocycles. The Kier molecular flexibility index (Phi) is 2.91. The van der Waals surface area contributed by atoms with Gasteiger partial charge in [-0.3, -0.25) is 0 Å². The van der Waals surface area contributed by atoms with E-state index in [4.69, 9.17) is 0 Å². The van der Waals surface area contributed by atoms with Crippen LogP contribution in [0.15, 0.2) is 36.4 Å². The molecule has 0 unspecified atom stereocenters. The molecule has 0 aliphatic heterocycles. The Morgan fingerprint density at radius 3 is 2.06 bits per heavy atom. The molecule has 0 radical (unpaired) electrons. The number of rotatable bonds is 2. The molecule has 2 aromatic carbocycles. The maximum atomic E-state index is 9.83. The third-order valence-electron chi connectivity index (χ3n) is 2.81. The van der Waals surface area contributed by atoms with Gasteiger partial charge in [0.15, 0.2) is 11.5 Å². The minimum Gasteiger partial charge on any atom is -0.508 e. The lowest BCUT2D eigenvalue weighted by Gasteiger charge is -2.11. The summed E-state index contributed by atoms with van der Waals surface area (Å²) in [7, 11) is 0. The van der Waals surface area contributed by atoms with Crippen molar-refractivity contribution >= 4 is 0 Å². The van der Waals surface area contributed by atoms with Crippen LogP contribution < -0.4 is 0 Å². The molecule has 88 valence electrons. The molecule has 0 aliphatic carbocycles. The summed E-state index contributed by atoms with van der Waals surface area (Å²) in [5.41, 5.74) is 2.02. The number of phenolic OH excluding ortho intramolecular Hbond substituents is 3. The Morgan fingerprint density at radius 2 is 1.41 bits per heavy atom. The maximum absolute atomic E-state index is 9.83. The summed E-state index contributed by atoms with van der Waals surface area (Å²) >= 11 is 0. The molecule has 0 bridgehead atoms. The Morgan fingerprint density at radius 1 is 0.824 bits per heavy atom. The minimum atomic E-state index is -0.159. The molecule has 0 heterocycles. The number of phenols is 3. The van der Waals surface area contributed by atoms with Crippen molar-refractivity contribution in [2.75, 3.05) is 0 Å². The van der Waals surface area contributed by atoms with Gasteiger partial charge in [-0.05, 0) is 24.1 Å². The molecule has 0 fully saturated rings. The van der Waals surface area contributed by atoms with E-state index in [9.17, 15) is 15.3 Å². The van der Waals surface area contributed by atoms with Crippen molar-refractivity contribution in [1.29, 1.82) is 0 Å². The second kappa shape index (κ2) is 4.37. The first-order valence-electron chi connectivity index (χ1n) is 5.47. The van der Waals surface area contributed by atoms with Gasteiger partial charge in [0.1, 0.15) is 5.75 Å². The summed E-state index contributed by atoms with van der Waals surface area (Å²) in [6, 6.07) is 9.94. The van der Waals surface area contributed by atoms with E-state index in [-0.39, 0.29) is 17.2 Å². The second-order valence-corrected chi connectivity index (χ2v) is 3.83. The molecule has 3 nitrogen and oxygen atoms in total. The van der Waals surface area contributed by atoms with Gasteiger partial charge in [-0.2, -0.15) is 0 Å². The van der Waals surface area contributed by atoms with E-state index in [1.54, 1.807) is 24.3 Å². The van der Waals surface area contributed by atoms with Gasteiger partial charge in [0.05, 0.1) is 0 Å². The van der Waals surface area contributed by atoms with E-state index in [2.05, 4.69) is 0 Å². The fourth-order valence-electron chi connectivity index (χ4n) is 1.95. The zero-order chi connectivity index (χ0) is 12.4. The molecule has 0 aromatic heterocycles. The average molecular weight is 230 g/mol. The van der Waals surface area contributed by atoms with Gasteiger partial charge in [-0.1, -0.05) is 31.2 Å². The summed E-state index contributed by atoms with van der Waals surface area (Å²) in [6.07, 6.45) is 0.650. The lowest BCUT2D eigenvalue weighted by atomic mass is 9.96. The molecular formula is C14H14O3. The number of para-hydroxylation sites is 1. The summed E-state index contributed by atoms with van der Waals surface area (Å²) in [4.78, 5) is 0. The van der Waals surface area contributed by atoms with Crippen molar-refractivity contribution in [3.63, 3.8) is 0 Å². The van der Waals surface area contributed by atoms with Gasteiger partial charge in [0.25, 0.3) is 0 Å². The highest BCUT2D eigenvalue weighted by molar-refractivity contribution is 5.77. The summed E-state index contributed by atoms with van der Waals surface area (Å²) < 4.78 is 0. The predicted molar refractivity (Wildman–Crippen MR) is 66.3 cm³/mol. The third-order valence-corrected chi connectivity index (χ3v) is 2.81. The zero-order valence-corrected chi connectivity index (χ0v) is 9.51. The fourth-order valence-corrected chi connectivity index (χ4v) is 1.95. The molecular weight excluding hydrogens is 216 g/mol. The lowest BCUT2D eigenvalue weighted by molar-refractivity contribution is 0.405. The Hall–Kier alpha value is -2.16. The molecule has 3 N–H and O–H groups in total. The van der Waals surface area contributed by atoms with Crippen LogP contribution in [0, 0.1) is 0 Å². The summed E-state index contributed by atoms with van der Waals surface area (Å²) in [6.45, 7) is 1.93. The number of benzene rings is 2. The minimum absolute atomic E-state index is 0.159. The first-order valence-corrected chi connectivity index (χ1v) is 5.47. The molecule has 0 atom stereocenters. The van der Waals surface area contributed by atoms with E-state index in [1.165, 1.54) is 6.07 Å². The van der Waals surface area contributed by atoms with Gasteiger partial charge in [0.2, 0.25) is 0 Å². The highest BCUT2D eigenvalue weighted by atomic mass is 16.3. The topological polar surface area (TPSA) is 60.7 Å². The monoisotopic (exact) mass is 230 g/mol. The van der Waals surface area contributed by atoms with Crippen molar-refractivity contribution < 1.29 is 15.3 Å². The van der Waals surface area contributed by atoms with Crippen molar-refractivity contribution in [2.24, 2.45) is 0 Å².